The Morgan fingerprint density at radius 1 is 1.26 bits per heavy atom. The minimum atomic E-state index is -0.129. The molecule has 0 spiro atoms. The molecular formula is C27H36N4O3. The molecule has 0 unspecified atom stereocenters. The van der Waals surface area contributed by atoms with Crippen molar-refractivity contribution in [1.82, 2.24) is 19.8 Å². The van der Waals surface area contributed by atoms with Gasteiger partial charge in [0.05, 0.1) is 19.3 Å². The third-order valence-corrected chi connectivity index (χ3v) is 7.20. The van der Waals surface area contributed by atoms with Crippen molar-refractivity contribution >= 4 is 16.8 Å². The highest BCUT2D eigenvalue weighted by atomic mass is 16.5. The SMILES string of the molecule is CNC(=O)CN1CCC(c2ccc3[nH]c(-c4cn(C)c(=O)c(OC)c4C)c(C(C)C)c3c2)CC1. The van der Waals surface area contributed by atoms with Crippen molar-refractivity contribution in [3.05, 3.63) is 51.4 Å². The third kappa shape index (κ3) is 4.37. The summed E-state index contributed by atoms with van der Waals surface area (Å²) in [5.74, 6) is 1.25. The van der Waals surface area contributed by atoms with Crippen molar-refractivity contribution in [1.29, 1.82) is 0 Å². The monoisotopic (exact) mass is 464 g/mol. The zero-order valence-electron chi connectivity index (χ0n) is 21.1. The smallest absolute Gasteiger partial charge is 0.292 e. The van der Waals surface area contributed by atoms with Crippen LogP contribution in [0.15, 0.2) is 29.2 Å². The van der Waals surface area contributed by atoms with Gasteiger partial charge in [-0.15, -0.1) is 0 Å². The van der Waals surface area contributed by atoms with Gasteiger partial charge in [0.15, 0.2) is 5.75 Å². The van der Waals surface area contributed by atoms with E-state index in [4.69, 9.17) is 4.74 Å². The summed E-state index contributed by atoms with van der Waals surface area (Å²) in [5.41, 5.74) is 6.48. The van der Waals surface area contributed by atoms with Crippen LogP contribution >= 0.6 is 0 Å². The van der Waals surface area contributed by atoms with Crippen molar-refractivity contribution in [2.24, 2.45) is 7.05 Å². The zero-order valence-corrected chi connectivity index (χ0v) is 21.1. The first kappa shape index (κ1) is 24.1. The van der Waals surface area contributed by atoms with Gasteiger partial charge in [0.2, 0.25) is 5.91 Å². The van der Waals surface area contributed by atoms with Crippen LogP contribution in [-0.4, -0.2) is 54.1 Å². The number of likely N-dealkylation sites (N-methyl/N-ethyl adjacent to an activating group) is 1. The van der Waals surface area contributed by atoms with Crippen molar-refractivity contribution in [2.45, 2.75) is 45.4 Å². The molecule has 34 heavy (non-hydrogen) atoms. The van der Waals surface area contributed by atoms with E-state index in [1.807, 2.05) is 13.1 Å². The number of fused-ring (bicyclic) bond motifs is 1. The molecule has 2 aromatic heterocycles. The highest BCUT2D eigenvalue weighted by Gasteiger charge is 2.24. The van der Waals surface area contributed by atoms with Gasteiger partial charge < -0.3 is 19.6 Å². The summed E-state index contributed by atoms with van der Waals surface area (Å²) in [5, 5.41) is 3.95. The van der Waals surface area contributed by atoms with Crippen LogP contribution in [0.4, 0.5) is 0 Å². The molecular weight excluding hydrogens is 428 g/mol. The first-order valence-electron chi connectivity index (χ1n) is 12.1. The predicted molar refractivity (Wildman–Crippen MR) is 137 cm³/mol. The highest BCUT2D eigenvalue weighted by molar-refractivity contribution is 5.92. The molecule has 1 aromatic carbocycles. The Morgan fingerprint density at radius 3 is 2.59 bits per heavy atom. The van der Waals surface area contributed by atoms with Crippen LogP contribution in [0.1, 0.15) is 55.2 Å². The number of amides is 1. The fourth-order valence-electron chi connectivity index (χ4n) is 5.29. The number of aromatic nitrogens is 2. The number of benzene rings is 1. The molecule has 7 nitrogen and oxygen atoms in total. The maximum Gasteiger partial charge on any atom is 0.292 e. The van der Waals surface area contributed by atoms with Crippen LogP contribution < -0.4 is 15.6 Å². The van der Waals surface area contributed by atoms with Crippen molar-refractivity contribution in [3.8, 4) is 17.0 Å². The lowest BCUT2D eigenvalue weighted by molar-refractivity contribution is -0.122. The third-order valence-electron chi connectivity index (χ3n) is 7.20. The molecule has 0 radical (unpaired) electrons. The van der Waals surface area contributed by atoms with E-state index in [9.17, 15) is 9.59 Å². The van der Waals surface area contributed by atoms with Crippen LogP contribution in [0.3, 0.4) is 0 Å². The maximum absolute atomic E-state index is 12.5. The summed E-state index contributed by atoms with van der Waals surface area (Å²) in [7, 11) is 5.00. The van der Waals surface area contributed by atoms with E-state index >= 15 is 0 Å². The highest BCUT2D eigenvalue weighted by Crippen LogP contribution is 2.39. The Morgan fingerprint density at radius 2 is 1.97 bits per heavy atom. The van der Waals surface area contributed by atoms with Crippen LogP contribution in [0.2, 0.25) is 0 Å². The second kappa shape index (κ2) is 9.66. The lowest BCUT2D eigenvalue weighted by Gasteiger charge is -2.31. The van der Waals surface area contributed by atoms with E-state index in [0.717, 1.165) is 48.3 Å². The lowest BCUT2D eigenvalue weighted by Crippen LogP contribution is -2.40. The number of carbonyl (C=O) groups excluding carboxylic acids is 1. The molecule has 3 heterocycles. The first-order chi connectivity index (χ1) is 16.2. The summed E-state index contributed by atoms with van der Waals surface area (Å²) < 4.78 is 7.05. The van der Waals surface area contributed by atoms with Gasteiger partial charge in [-0.1, -0.05) is 19.9 Å². The molecule has 182 valence electrons. The van der Waals surface area contributed by atoms with Gasteiger partial charge in [-0.05, 0) is 68.0 Å². The molecule has 0 bridgehead atoms. The van der Waals surface area contributed by atoms with Crippen molar-refractivity contribution in [2.75, 3.05) is 33.8 Å². The predicted octanol–water partition coefficient (Wildman–Crippen LogP) is 3.90. The molecule has 0 saturated carbocycles. The number of pyridine rings is 1. The van der Waals surface area contributed by atoms with Gasteiger partial charge in [-0.2, -0.15) is 0 Å². The Balaban J connectivity index is 1.72. The molecule has 7 heteroatoms. The van der Waals surface area contributed by atoms with Gasteiger partial charge in [0, 0.05) is 42.3 Å². The molecule has 1 aliphatic rings. The second-order valence-corrected chi connectivity index (χ2v) is 9.71. The number of likely N-dealkylation sites (tertiary alicyclic amines) is 1. The molecule has 2 N–H and O–H groups in total. The largest absolute Gasteiger partial charge is 0.491 e. The number of carbonyl (C=O) groups is 1. The van der Waals surface area contributed by atoms with E-state index in [-0.39, 0.29) is 11.5 Å². The van der Waals surface area contributed by atoms with Gasteiger partial charge in [0.1, 0.15) is 0 Å². The summed E-state index contributed by atoms with van der Waals surface area (Å²) in [6, 6.07) is 6.77. The van der Waals surface area contributed by atoms with Crippen LogP contribution in [0.5, 0.6) is 5.75 Å². The summed E-state index contributed by atoms with van der Waals surface area (Å²) >= 11 is 0. The Hall–Kier alpha value is -3.06. The number of methoxy groups -OCH3 is 1. The van der Waals surface area contributed by atoms with E-state index in [1.165, 1.54) is 16.5 Å². The number of nitrogens with one attached hydrogen (secondary N) is 2. The van der Waals surface area contributed by atoms with Crippen molar-refractivity contribution < 1.29 is 9.53 Å². The van der Waals surface area contributed by atoms with E-state index < -0.39 is 0 Å². The molecule has 1 saturated heterocycles. The molecule has 0 aliphatic carbocycles. The molecule has 1 aliphatic heterocycles. The molecule has 0 atom stereocenters. The average Bonchev–Trinajstić information content (AvgIpc) is 3.21. The first-order valence-corrected chi connectivity index (χ1v) is 12.1. The Kier molecular flexibility index (Phi) is 6.84. The van der Waals surface area contributed by atoms with Crippen LogP contribution in [0, 0.1) is 6.92 Å². The number of aryl methyl sites for hydroxylation is 1. The summed E-state index contributed by atoms with van der Waals surface area (Å²) in [4.78, 5) is 30.1. The van der Waals surface area contributed by atoms with E-state index in [1.54, 1.807) is 25.8 Å². The number of aromatic amines is 1. The minimum Gasteiger partial charge on any atom is -0.491 e. The Bertz CT molecular complexity index is 1260. The lowest BCUT2D eigenvalue weighted by atomic mass is 9.87. The van der Waals surface area contributed by atoms with Crippen molar-refractivity contribution in [3.63, 3.8) is 0 Å². The number of nitrogens with zero attached hydrogens (tertiary/aromatic N) is 2. The number of hydrogen-bond donors (Lipinski definition) is 2. The number of ether oxygens (including phenoxy) is 1. The number of rotatable bonds is 6. The molecule has 3 aromatic rings. The maximum atomic E-state index is 12.5. The topological polar surface area (TPSA) is 79.4 Å². The van der Waals surface area contributed by atoms with Crippen LogP contribution in [0.25, 0.3) is 22.2 Å². The number of hydrogen-bond acceptors (Lipinski definition) is 4. The fourth-order valence-corrected chi connectivity index (χ4v) is 5.29. The molecule has 1 fully saturated rings. The Labute approximate surface area is 201 Å². The van der Waals surface area contributed by atoms with Crippen LogP contribution in [-0.2, 0) is 11.8 Å². The number of piperidine rings is 1. The normalized spacial score (nSPS) is 15.3. The molecule has 4 rings (SSSR count). The van der Waals surface area contributed by atoms with Gasteiger partial charge in [-0.25, -0.2) is 0 Å². The van der Waals surface area contributed by atoms with E-state index in [0.29, 0.717) is 24.1 Å². The van der Waals surface area contributed by atoms with E-state index in [2.05, 4.69) is 47.2 Å². The van der Waals surface area contributed by atoms with Gasteiger partial charge in [-0.3, -0.25) is 14.5 Å². The molecule has 1 amide bonds. The second-order valence-electron chi connectivity index (χ2n) is 9.71. The summed E-state index contributed by atoms with van der Waals surface area (Å²) in [6.07, 6.45) is 4.00. The standard InChI is InChI=1S/C27H36N4O3/c1-16(2)24-20-13-19(18-9-11-31(12-10-18)15-23(32)28-4)7-8-22(20)29-25(24)21-14-30(5)27(33)26(34-6)17(21)3/h7-8,13-14,16,18,29H,9-12,15H2,1-6H3,(H,28,32). The average molecular weight is 465 g/mol. The zero-order chi connectivity index (χ0) is 24.6. The minimum absolute atomic E-state index is 0.0756. The number of H-pyrrole nitrogens is 1. The van der Waals surface area contributed by atoms with Gasteiger partial charge in [0.25, 0.3) is 5.56 Å². The van der Waals surface area contributed by atoms with Gasteiger partial charge >= 0.3 is 0 Å². The quantitative estimate of drug-likeness (QED) is 0.580. The summed E-state index contributed by atoms with van der Waals surface area (Å²) in [6.45, 7) is 8.72. The fraction of sp³-hybridized carbons (Fsp3) is 0.481.